The lowest BCUT2D eigenvalue weighted by atomic mass is 10.2. The Morgan fingerprint density at radius 2 is 2.25 bits per heavy atom. The van der Waals surface area contributed by atoms with Gasteiger partial charge in [0.1, 0.15) is 6.04 Å². The minimum atomic E-state index is -0.310. The summed E-state index contributed by atoms with van der Waals surface area (Å²) in [6.07, 6.45) is 3.21. The van der Waals surface area contributed by atoms with Gasteiger partial charge in [-0.1, -0.05) is 0 Å². The number of aromatic nitrogens is 2. The first-order valence-corrected chi connectivity index (χ1v) is 5.34. The van der Waals surface area contributed by atoms with E-state index in [1.165, 1.54) is 0 Å². The van der Waals surface area contributed by atoms with Gasteiger partial charge in [-0.05, 0) is 6.92 Å². The number of amides is 1. The van der Waals surface area contributed by atoms with Crippen LogP contribution in [-0.2, 0) is 9.53 Å². The molecule has 0 aliphatic carbocycles. The molecule has 2 rings (SSSR count). The lowest BCUT2D eigenvalue weighted by Gasteiger charge is -2.29. The molecule has 88 valence electrons. The van der Waals surface area contributed by atoms with Crippen molar-refractivity contribution in [1.29, 1.82) is 0 Å². The molecule has 0 bridgehead atoms. The topological polar surface area (TPSA) is 73.4 Å². The minimum Gasteiger partial charge on any atom is -0.396 e. The Kier molecular flexibility index (Phi) is 3.09. The normalized spacial score (nSPS) is 18.4. The van der Waals surface area contributed by atoms with Gasteiger partial charge in [-0.2, -0.15) is 5.10 Å². The van der Waals surface area contributed by atoms with Crippen molar-refractivity contribution in [1.82, 2.24) is 14.7 Å². The summed E-state index contributed by atoms with van der Waals surface area (Å²) in [6.45, 7) is 4.35. The summed E-state index contributed by atoms with van der Waals surface area (Å²) in [6, 6.07) is -0.310. The molecule has 2 heterocycles. The van der Waals surface area contributed by atoms with Gasteiger partial charge in [-0.15, -0.1) is 0 Å². The van der Waals surface area contributed by atoms with E-state index in [9.17, 15) is 4.79 Å². The number of morpholine rings is 1. The van der Waals surface area contributed by atoms with Crippen LogP contribution >= 0.6 is 0 Å². The standard InChI is InChI=1S/C10H16N4O2/c1-8(14-7-9(11)6-12-14)10(15)13-2-4-16-5-3-13/h6-8H,2-5,11H2,1H3. The predicted octanol–water partition coefficient (Wildman–Crippen LogP) is -0.115. The fraction of sp³-hybridized carbons (Fsp3) is 0.600. The number of rotatable bonds is 2. The first-order valence-electron chi connectivity index (χ1n) is 5.34. The molecule has 1 saturated heterocycles. The van der Waals surface area contributed by atoms with Crippen molar-refractivity contribution in [3.63, 3.8) is 0 Å². The highest BCUT2D eigenvalue weighted by Crippen LogP contribution is 2.12. The van der Waals surface area contributed by atoms with Gasteiger partial charge in [-0.3, -0.25) is 9.48 Å². The van der Waals surface area contributed by atoms with Gasteiger partial charge < -0.3 is 15.4 Å². The van der Waals surface area contributed by atoms with E-state index in [1.54, 1.807) is 22.0 Å². The summed E-state index contributed by atoms with van der Waals surface area (Å²) in [5.41, 5.74) is 6.14. The smallest absolute Gasteiger partial charge is 0.247 e. The van der Waals surface area contributed by atoms with E-state index in [-0.39, 0.29) is 11.9 Å². The van der Waals surface area contributed by atoms with E-state index in [0.29, 0.717) is 32.0 Å². The third kappa shape index (κ3) is 2.16. The summed E-state index contributed by atoms with van der Waals surface area (Å²) in [4.78, 5) is 13.9. The lowest BCUT2D eigenvalue weighted by molar-refractivity contribution is -0.138. The number of carbonyl (C=O) groups is 1. The molecule has 0 spiro atoms. The predicted molar refractivity (Wildman–Crippen MR) is 58.7 cm³/mol. The van der Waals surface area contributed by atoms with Crippen LogP contribution in [0.5, 0.6) is 0 Å². The molecule has 1 aromatic heterocycles. The number of nitrogens with zero attached hydrogens (tertiary/aromatic N) is 3. The summed E-state index contributed by atoms with van der Waals surface area (Å²) < 4.78 is 6.79. The van der Waals surface area contributed by atoms with Gasteiger partial charge in [0, 0.05) is 19.3 Å². The number of carbonyl (C=O) groups excluding carboxylic acids is 1. The summed E-state index contributed by atoms with van der Waals surface area (Å²) in [5, 5.41) is 4.04. The fourth-order valence-corrected chi connectivity index (χ4v) is 1.73. The average Bonchev–Trinajstić information content (AvgIpc) is 2.75. The van der Waals surface area contributed by atoms with Crippen LogP contribution in [0.15, 0.2) is 12.4 Å². The molecule has 1 amide bonds. The Balaban J connectivity index is 2.03. The third-order valence-corrected chi connectivity index (χ3v) is 2.70. The van der Waals surface area contributed by atoms with Crippen molar-refractivity contribution in [3.05, 3.63) is 12.4 Å². The molecule has 16 heavy (non-hydrogen) atoms. The molecule has 1 aliphatic rings. The quantitative estimate of drug-likeness (QED) is 0.760. The van der Waals surface area contributed by atoms with Crippen LogP contribution in [-0.4, -0.2) is 46.9 Å². The molecule has 1 aromatic rings. The van der Waals surface area contributed by atoms with E-state index in [2.05, 4.69) is 5.10 Å². The molecule has 1 unspecified atom stereocenters. The third-order valence-electron chi connectivity index (χ3n) is 2.70. The van der Waals surface area contributed by atoms with Gasteiger partial charge in [0.2, 0.25) is 5.91 Å². The summed E-state index contributed by atoms with van der Waals surface area (Å²) in [7, 11) is 0. The zero-order valence-corrected chi connectivity index (χ0v) is 9.30. The minimum absolute atomic E-state index is 0.0615. The zero-order valence-electron chi connectivity index (χ0n) is 9.30. The summed E-state index contributed by atoms with van der Waals surface area (Å²) in [5.74, 6) is 0.0615. The highest BCUT2D eigenvalue weighted by molar-refractivity contribution is 5.80. The molecule has 0 saturated carbocycles. The maximum Gasteiger partial charge on any atom is 0.247 e. The van der Waals surface area contributed by atoms with E-state index in [1.807, 2.05) is 6.92 Å². The van der Waals surface area contributed by atoms with Crippen LogP contribution < -0.4 is 5.73 Å². The fourth-order valence-electron chi connectivity index (χ4n) is 1.73. The van der Waals surface area contributed by atoms with Crippen LogP contribution in [0.2, 0.25) is 0 Å². The van der Waals surface area contributed by atoms with Gasteiger partial charge in [0.05, 0.1) is 25.1 Å². The molecule has 0 radical (unpaired) electrons. The van der Waals surface area contributed by atoms with Crippen LogP contribution in [0, 0.1) is 0 Å². The van der Waals surface area contributed by atoms with Gasteiger partial charge in [0.25, 0.3) is 0 Å². The number of anilines is 1. The summed E-state index contributed by atoms with van der Waals surface area (Å²) >= 11 is 0. The molecular formula is C10H16N4O2. The molecule has 0 aromatic carbocycles. The van der Waals surface area contributed by atoms with E-state index >= 15 is 0 Å². The maximum atomic E-state index is 12.1. The van der Waals surface area contributed by atoms with Crippen LogP contribution in [0.3, 0.4) is 0 Å². The largest absolute Gasteiger partial charge is 0.396 e. The molecule has 1 fully saturated rings. The zero-order chi connectivity index (χ0) is 11.5. The second-order valence-corrected chi connectivity index (χ2v) is 3.87. The van der Waals surface area contributed by atoms with Gasteiger partial charge in [0.15, 0.2) is 0 Å². The number of hydrogen-bond acceptors (Lipinski definition) is 4. The molecule has 1 aliphatic heterocycles. The number of nitrogens with two attached hydrogens (primary N) is 1. The SMILES string of the molecule is CC(C(=O)N1CCOCC1)n1cc(N)cn1. The highest BCUT2D eigenvalue weighted by Gasteiger charge is 2.23. The average molecular weight is 224 g/mol. The molecule has 2 N–H and O–H groups in total. The maximum absolute atomic E-state index is 12.1. The first-order chi connectivity index (χ1) is 7.68. The Morgan fingerprint density at radius 1 is 1.56 bits per heavy atom. The van der Waals surface area contributed by atoms with Crippen LogP contribution in [0.25, 0.3) is 0 Å². The number of hydrogen-bond donors (Lipinski definition) is 1. The van der Waals surface area contributed by atoms with Crippen molar-refractivity contribution < 1.29 is 9.53 Å². The van der Waals surface area contributed by atoms with Crippen molar-refractivity contribution in [2.45, 2.75) is 13.0 Å². The molecule has 1 atom stereocenters. The highest BCUT2D eigenvalue weighted by atomic mass is 16.5. The second-order valence-electron chi connectivity index (χ2n) is 3.87. The molecule has 6 heteroatoms. The van der Waals surface area contributed by atoms with E-state index < -0.39 is 0 Å². The second kappa shape index (κ2) is 4.52. The molecular weight excluding hydrogens is 208 g/mol. The van der Waals surface area contributed by atoms with Crippen LogP contribution in [0.1, 0.15) is 13.0 Å². The van der Waals surface area contributed by atoms with Crippen molar-refractivity contribution in [2.75, 3.05) is 32.0 Å². The van der Waals surface area contributed by atoms with Crippen molar-refractivity contribution in [2.24, 2.45) is 0 Å². The number of ether oxygens (including phenoxy) is 1. The van der Waals surface area contributed by atoms with Crippen molar-refractivity contribution in [3.8, 4) is 0 Å². The monoisotopic (exact) mass is 224 g/mol. The first kappa shape index (κ1) is 10.9. The number of nitrogen functional groups attached to an aromatic ring is 1. The Labute approximate surface area is 94.0 Å². The Bertz CT molecular complexity index is 371. The Morgan fingerprint density at radius 3 is 2.81 bits per heavy atom. The van der Waals surface area contributed by atoms with E-state index in [4.69, 9.17) is 10.5 Å². The van der Waals surface area contributed by atoms with Crippen molar-refractivity contribution >= 4 is 11.6 Å². The Hall–Kier alpha value is -1.56. The van der Waals surface area contributed by atoms with Crippen LogP contribution in [0.4, 0.5) is 5.69 Å². The molecule has 6 nitrogen and oxygen atoms in total. The van der Waals surface area contributed by atoms with Gasteiger partial charge >= 0.3 is 0 Å². The van der Waals surface area contributed by atoms with E-state index in [0.717, 1.165) is 0 Å². The lowest BCUT2D eigenvalue weighted by Crippen LogP contribution is -2.43. The van der Waals surface area contributed by atoms with Gasteiger partial charge in [-0.25, -0.2) is 0 Å².